The summed E-state index contributed by atoms with van der Waals surface area (Å²) >= 11 is 6.02. The van der Waals surface area contributed by atoms with E-state index >= 15 is 0 Å². The van der Waals surface area contributed by atoms with Crippen molar-refractivity contribution in [2.75, 3.05) is 19.0 Å². The number of halogens is 4. The molecule has 8 heteroatoms. The molecule has 1 N–H and O–H groups in total. The van der Waals surface area contributed by atoms with Gasteiger partial charge in [-0.05, 0) is 19.1 Å². The summed E-state index contributed by atoms with van der Waals surface area (Å²) in [5.41, 5.74) is 0.171. The first kappa shape index (κ1) is 15.9. The van der Waals surface area contributed by atoms with E-state index in [2.05, 4.69) is 15.3 Å². The second-order valence-corrected chi connectivity index (χ2v) is 5.95. The minimum Gasteiger partial charge on any atom is -0.481 e. The lowest BCUT2D eigenvalue weighted by Gasteiger charge is -2.26. The highest BCUT2D eigenvalue weighted by Gasteiger charge is 2.41. The van der Waals surface area contributed by atoms with Crippen LogP contribution in [0.4, 0.5) is 18.9 Å². The third-order valence-electron chi connectivity index (χ3n) is 4.03. The van der Waals surface area contributed by atoms with E-state index in [4.69, 9.17) is 16.3 Å². The molecule has 0 amide bonds. The second-order valence-electron chi connectivity index (χ2n) is 5.51. The smallest absolute Gasteiger partial charge is 0.433 e. The van der Waals surface area contributed by atoms with E-state index in [1.807, 2.05) is 6.92 Å². The summed E-state index contributed by atoms with van der Waals surface area (Å²) in [5, 5.41) is 3.43. The Bertz CT molecular complexity index is 766. The van der Waals surface area contributed by atoms with Crippen LogP contribution in [0.3, 0.4) is 0 Å². The number of anilines is 1. The normalized spacial score (nSPS) is 20.1. The summed E-state index contributed by atoms with van der Waals surface area (Å²) < 4.78 is 43.7. The van der Waals surface area contributed by atoms with Gasteiger partial charge in [0.05, 0.1) is 12.1 Å². The van der Waals surface area contributed by atoms with E-state index in [0.717, 1.165) is 6.07 Å². The summed E-state index contributed by atoms with van der Waals surface area (Å²) in [6.07, 6.45) is -1.77. The van der Waals surface area contributed by atoms with Gasteiger partial charge in [0.15, 0.2) is 0 Å². The molecule has 0 saturated carbocycles. The number of alkyl halides is 3. The summed E-state index contributed by atoms with van der Waals surface area (Å²) in [6, 6.07) is 2.73. The predicted octanol–water partition coefficient (Wildman–Crippen LogP) is 3.89. The zero-order valence-corrected chi connectivity index (χ0v) is 13.1. The van der Waals surface area contributed by atoms with Crippen LogP contribution in [0.15, 0.2) is 24.5 Å². The number of ether oxygens (including phenoxy) is 1. The molecule has 23 heavy (non-hydrogen) atoms. The van der Waals surface area contributed by atoms with Crippen LogP contribution in [0.5, 0.6) is 5.88 Å². The molecule has 1 aliphatic rings. The number of fused-ring (bicyclic) bond motifs is 1. The highest BCUT2D eigenvalue weighted by molar-refractivity contribution is 6.30. The van der Waals surface area contributed by atoms with E-state index in [0.29, 0.717) is 34.3 Å². The van der Waals surface area contributed by atoms with Crippen molar-refractivity contribution >= 4 is 17.3 Å². The highest BCUT2D eigenvalue weighted by Crippen LogP contribution is 2.45. The number of aromatic nitrogens is 2. The van der Waals surface area contributed by atoms with Crippen molar-refractivity contribution < 1.29 is 17.9 Å². The first-order valence-corrected chi connectivity index (χ1v) is 7.15. The van der Waals surface area contributed by atoms with Crippen LogP contribution in [-0.2, 0) is 11.6 Å². The highest BCUT2D eigenvalue weighted by atomic mass is 35.5. The molecule has 4 nitrogen and oxygen atoms in total. The van der Waals surface area contributed by atoms with Crippen LogP contribution >= 0.6 is 11.6 Å². The topological polar surface area (TPSA) is 47.0 Å². The van der Waals surface area contributed by atoms with Gasteiger partial charge in [-0.3, -0.25) is 4.98 Å². The molecule has 2 aromatic rings. The molecule has 0 unspecified atom stereocenters. The number of rotatable bonds is 2. The quantitative estimate of drug-likeness (QED) is 0.898. The lowest BCUT2D eigenvalue weighted by atomic mass is 9.79. The van der Waals surface area contributed by atoms with E-state index < -0.39 is 17.3 Å². The van der Waals surface area contributed by atoms with Crippen molar-refractivity contribution in [3.63, 3.8) is 0 Å². The van der Waals surface area contributed by atoms with E-state index in [1.165, 1.54) is 19.5 Å². The Labute approximate surface area is 135 Å². The van der Waals surface area contributed by atoms with Crippen LogP contribution in [0.1, 0.15) is 23.7 Å². The van der Waals surface area contributed by atoms with E-state index in [9.17, 15) is 13.2 Å². The first-order chi connectivity index (χ1) is 10.8. The molecule has 0 fully saturated rings. The van der Waals surface area contributed by atoms with Gasteiger partial charge in [0.25, 0.3) is 0 Å². The average Bonchev–Trinajstić information content (AvgIpc) is 2.84. The Balaban J connectivity index is 2.13. The fourth-order valence-electron chi connectivity index (χ4n) is 2.79. The van der Waals surface area contributed by atoms with Gasteiger partial charge in [-0.1, -0.05) is 11.6 Å². The Kier molecular flexibility index (Phi) is 3.63. The minimum atomic E-state index is -4.48. The molecule has 3 heterocycles. The minimum absolute atomic E-state index is 0.381. The van der Waals surface area contributed by atoms with Gasteiger partial charge >= 0.3 is 6.18 Å². The van der Waals surface area contributed by atoms with Crippen molar-refractivity contribution in [1.82, 2.24) is 9.97 Å². The third-order valence-corrected chi connectivity index (χ3v) is 4.23. The summed E-state index contributed by atoms with van der Waals surface area (Å²) in [7, 11) is 1.48. The number of nitrogens with zero attached hydrogens (tertiary/aromatic N) is 2. The zero-order chi connectivity index (χ0) is 16.8. The van der Waals surface area contributed by atoms with E-state index in [1.54, 1.807) is 6.07 Å². The molecule has 1 atom stereocenters. The Morgan fingerprint density at radius 2 is 1.96 bits per heavy atom. The van der Waals surface area contributed by atoms with Crippen LogP contribution in [-0.4, -0.2) is 23.6 Å². The maximum Gasteiger partial charge on any atom is 0.433 e. The third kappa shape index (κ3) is 2.59. The van der Waals surface area contributed by atoms with Gasteiger partial charge in [-0.25, -0.2) is 4.98 Å². The second kappa shape index (κ2) is 5.26. The van der Waals surface area contributed by atoms with Gasteiger partial charge in [0.1, 0.15) is 5.69 Å². The lowest BCUT2D eigenvalue weighted by Crippen LogP contribution is -2.27. The average molecular weight is 344 g/mol. The van der Waals surface area contributed by atoms with Crippen molar-refractivity contribution in [2.24, 2.45) is 0 Å². The molecule has 3 rings (SSSR count). The standard InChI is InChI=1S/C15H13ClF3N3O/c1-14(9-3-8(16)5-21-13(9)23-2)7-22-11-4-12(15(17,18)19)20-6-10(11)14/h3-6,22H,7H2,1-2H3/t14-/m0/s1. The lowest BCUT2D eigenvalue weighted by molar-refractivity contribution is -0.141. The molecular weight excluding hydrogens is 331 g/mol. The zero-order valence-electron chi connectivity index (χ0n) is 12.3. The van der Waals surface area contributed by atoms with Crippen LogP contribution in [0.2, 0.25) is 5.02 Å². The molecule has 0 bridgehead atoms. The van der Waals surface area contributed by atoms with Crippen molar-refractivity contribution in [2.45, 2.75) is 18.5 Å². The maximum absolute atomic E-state index is 12.8. The van der Waals surface area contributed by atoms with Crippen molar-refractivity contribution in [1.29, 1.82) is 0 Å². The Morgan fingerprint density at radius 3 is 2.61 bits per heavy atom. The first-order valence-electron chi connectivity index (χ1n) is 6.77. The van der Waals surface area contributed by atoms with Crippen LogP contribution < -0.4 is 10.1 Å². The number of nitrogens with one attached hydrogen (secondary N) is 1. The molecule has 122 valence electrons. The summed E-state index contributed by atoms with van der Waals surface area (Å²) in [5.74, 6) is 0.381. The molecular formula is C15H13ClF3N3O. The molecule has 0 radical (unpaired) electrons. The summed E-state index contributed by atoms with van der Waals surface area (Å²) in [4.78, 5) is 7.70. The van der Waals surface area contributed by atoms with Crippen LogP contribution in [0.25, 0.3) is 0 Å². The predicted molar refractivity (Wildman–Crippen MR) is 80.0 cm³/mol. The number of hydrogen-bond acceptors (Lipinski definition) is 4. The van der Waals surface area contributed by atoms with Gasteiger partial charge in [-0.2, -0.15) is 13.2 Å². The number of methoxy groups -OCH3 is 1. The molecule has 2 aromatic heterocycles. The maximum atomic E-state index is 12.8. The van der Waals surface area contributed by atoms with Gasteiger partial charge in [0.2, 0.25) is 5.88 Å². The van der Waals surface area contributed by atoms with Gasteiger partial charge in [-0.15, -0.1) is 0 Å². The molecule has 0 aliphatic carbocycles. The number of pyridine rings is 2. The molecule has 0 saturated heterocycles. The van der Waals surface area contributed by atoms with Gasteiger partial charge < -0.3 is 10.1 Å². The monoisotopic (exact) mass is 343 g/mol. The number of hydrogen-bond donors (Lipinski definition) is 1. The van der Waals surface area contributed by atoms with E-state index in [-0.39, 0.29) is 0 Å². The molecule has 0 spiro atoms. The SMILES string of the molecule is COc1ncc(Cl)cc1[C@]1(C)CNc2cc(C(F)(F)F)ncc21. The Hall–Kier alpha value is -2.02. The molecule has 1 aliphatic heterocycles. The van der Waals surface area contributed by atoms with Gasteiger partial charge in [0, 0.05) is 41.2 Å². The van der Waals surface area contributed by atoms with Crippen LogP contribution in [0, 0.1) is 0 Å². The largest absolute Gasteiger partial charge is 0.481 e. The fourth-order valence-corrected chi connectivity index (χ4v) is 2.95. The fraction of sp³-hybridized carbons (Fsp3) is 0.333. The Morgan fingerprint density at radius 1 is 1.22 bits per heavy atom. The molecule has 0 aromatic carbocycles. The summed E-state index contributed by atoms with van der Waals surface area (Å²) in [6.45, 7) is 2.28. The van der Waals surface area contributed by atoms with Crippen molar-refractivity contribution in [3.05, 3.63) is 46.4 Å². The van der Waals surface area contributed by atoms with Crippen molar-refractivity contribution in [3.8, 4) is 5.88 Å².